The second-order valence-electron chi connectivity index (χ2n) is 12.1. The molecule has 4 aliphatic rings. The van der Waals surface area contributed by atoms with Gasteiger partial charge in [0.25, 0.3) is 0 Å². The highest BCUT2D eigenvalue weighted by atomic mass is 16.5. The van der Waals surface area contributed by atoms with Crippen molar-refractivity contribution in [2.45, 2.75) is 88.2 Å². The normalized spacial score (nSPS) is 27.7. The lowest BCUT2D eigenvalue weighted by Crippen LogP contribution is -2.66. The van der Waals surface area contributed by atoms with Gasteiger partial charge in [0.1, 0.15) is 23.9 Å². The van der Waals surface area contributed by atoms with Gasteiger partial charge in [0, 0.05) is 44.3 Å². The van der Waals surface area contributed by atoms with Crippen LogP contribution in [-0.2, 0) is 19.1 Å². The van der Waals surface area contributed by atoms with Crippen molar-refractivity contribution in [2.75, 3.05) is 46.5 Å². The summed E-state index contributed by atoms with van der Waals surface area (Å²) in [4.78, 5) is 45.7. The van der Waals surface area contributed by atoms with Crippen molar-refractivity contribution in [3.8, 4) is 5.75 Å². The summed E-state index contributed by atoms with van der Waals surface area (Å²) < 4.78 is 11.7. The standard InChI is InChI=1S/C31H47N5O6/c1-3-41-22-15-21-16-36(31(40)28(20-9-5-4-6-10-20)34-29(38)25(19-37)32-2)26(18-35(21)17-22)30(39)33-24-13-14-42-27-12-8-7-11-23(24)27/h7-8,11-12,20-22,24-26,28,32,37H,3-6,9-10,13-19H2,1-2H3,(H,33,39)(H,34,38). The highest BCUT2D eigenvalue weighted by molar-refractivity contribution is 5.94. The fourth-order valence-corrected chi connectivity index (χ4v) is 7.20. The summed E-state index contributed by atoms with van der Waals surface area (Å²) in [6, 6.07) is 5.35. The number of benzene rings is 1. The molecule has 3 aliphatic heterocycles. The summed E-state index contributed by atoms with van der Waals surface area (Å²) in [5.74, 6) is -0.0571. The van der Waals surface area contributed by atoms with Crippen molar-refractivity contribution in [1.82, 2.24) is 25.8 Å². The maximum Gasteiger partial charge on any atom is 0.246 e. The molecule has 6 atom stereocenters. The molecule has 42 heavy (non-hydrogen) atoms. The van der Waals surface area contributed by atoms with E-state index in [1.165, 1.54) is 0 Å². The summed E-state index contributed by atoms with van der Waals surface area (Å²) in [6.07, 6.45) is 6.30. The number of hydrogen-bond acceptors (Lipinski definition) is 8. The van der Waals surface area contributed by atoms with Crippen LogP contribution in [0, 0.1) is 5.92 Å². The molecular formula is C31H47N5O6. The molecule has 0 radical (unpaired) electrons. The lowest BCUT2D eigenvalue weighted by atomic mass is 9.82. The van der Waals surface area contributed by atoms with E-state index in [2.05, 4.69) is 20.9 Å². The number of aliphatic hydroxyl groups is 1. The number of likely N-dealkylation sites (N-methyl/N-ethyl adjacent to an activating group) is 1. The molecular weight excluding hydrogens is 538 g/mol. The first kappa shape index (κ1) is 30.7. The fraction of sp³-hybridized carbons (Fsp3) is 0.710. The van der Waals surface area contributed by atoms with Crippen molar-refractivity contribution in [1.29, 1.82) is 0 Å². The van der Waals surface area contributed by atoms with Crippen LogP contribution in [0.5, 0.6) is 5.75 Å². The zero-order valence-corrected chi connectivity index (χ0v) is 24.9. The molecule has 1 saturated carbocycles. The minimum atomic E-state index is -0.810. The number of fused-ring (bicyclic) bond motifs is 2. The molecule has 0 bridgehead atoms. The van der Waals surface area contributed by atoms with Gasteiger partial charge in [-0.3, -0.25) is 19.3 Å². The van der Waals surface area contributed by atoms with E-state index in [4.69, 9.17) is 9.47 Å². The molecule has 6 unspecified atom stereocenters. The highest BCUT2D eigenvalue weighted by Crippen LogP contribution is 2.34. The molecule has 3 amide bonds. The van der Waals surface area contributed by atoms with Crippen LogP contribution in [-0.4, -0.2) is 109 Å². The van der Waals surface area contributed by atoms with Crippen LogP contribution >= 0.6 is 0 Å². The predicted octanol–water partition coefficient (Wildman–Crippen LogP) is 0.962. The van der Waals surface area contributed by atoms with Gasteiger partial charge < -0.3 is 35.4 Å². The minimum Gasteiger partial charge on any atom is -0.493 e. The van der Waals surface area contributed by atoms with Gasteiger partial charge in [-0.25, -0.2) is 0 Å². The number of amides is 3. The highest BCUT2D eigenvalue weighted by Gasteiger charge is 2.47. The Labute approximate surface area is 248 Å². The molecule has 3 fully saturated rings. The minimum absolute atomic E-state index is 0.0183. The Morgan fingerprint density at radius 2 is 1.88 bits per heavy atom. The Balaban J connectivity index is 1.40. The predicted molar refractivity (Wildman–Crippen MR) is 157 cm³/mol. The summed E-state index contributed by atoms with van der Waals surface area (Å²) >= 11 is 0. The van der Waals surface area contributed by atoms with Crippen LogP contribution < -0.4 is 20.7 Å². The molecule has 5 rings (SSSR count). The molecule has 0 aromatic heterocycles. The number of carbonyl (C=O) groups is 3. The number of piperazine rings is 1. The SMILES string of the molecule is CCOC1CC2CN(C(=O)C(NC(=O)C(CO)NC)C3CCCCC3)C(C(=O)NC3CCOc4ccccc43)CN2C1. The molecule has 3 heterocycles. The van der Waals surface area contributed by atoms with Crippen LogP contribution in [0.25, 0.3) is 0 Å². The van der Waals surface area contributed by atoms with Gasteiger partial charge >= 0.3 is 0 Å². The van der Waals surface area contributed by atoms with Crippen LogP contribution in [0.1, 0.15) is 63.5 Å². The third-order valence-corrected chi connectivity index (χ3v) is 9.48. The van der Waals surface area contributed by atoms with Gasteiger partial charge in [0.05, 0.1) is 25.4 Å². The first-order chi connectivity index (χ1) is 20.4. The molecule has 11 heteroatoms. The summed E-state index contributed by atoms with van der Waals surface area (Å²) in [5.41, 5.74) is 0.940. The average molecular weight is 586 g/mol. The zero-order chi connectivity index (χ0) is 29.6. The Bertz CT molecular complexity index is 1090. The van der Waals surface area contributed by atoms with Gasteiger partial charge in [0.2, 0.25) is 17.7 Å². The lowest BCUT2D eigenvalue weighted by molar-refractivity contribution is -0.149. The molecule has 1 aliphatic carbocycles. The van der Waals surface area contributed by atoms with E-state index in [0.717, 1.165) is 56.4 Å². The second-order valence-corrected chi connectivity index (χ2v) is 12.1. The molecule has 232 valence electrons. The van der Waals surface area contributed by atoms with Gasteiger partial charge in [-0.2, -0.15) is 0 Å². The van der Waals surface area contributed by atoms with Crippen molar-refractivity contribution < 1.29 is 29.0 Å². The summed E-state index contributed by atoms with van der Waals surface area (Å²) in [6.45, 7) is 4.29. The van der Waals surface area contributed by atoms with Crippen molar-refractivity contribution in [2.24, 2.45) is 5.92 Å². The fourth-order valence-electron chi connectivity index (χ4n) is 7.20. The Morgan fingerprint density at radius 3 is 2.62 bits per heavy atom. The second kappa shape index (κ2) is 14.2. The number of aliphatic hydroxyl groups excluding tert-OH is 1. The van der Waals surface area contributed by atoms with Crippen molar-refractivity contribution >= 4 is 17.7 Å². The number of nitrogens with zero attached hydrogens (tertiary/aromatic N) is 2. The first-order valence-corrected chi connectivity index (χ1v) is 15.7. The average Bonchev–Trinajstić information content (AvgIpc) is 3.41. The van der Waals surface area contributed by atoms with Gasteiger partial charge in [0.15, 0.2) is 0 Å². The third kappa shape index (κ3) is 6.74. The molecule has 4 N–H and O–H groups in total. The number of para-hydroxylation sites is 1. The third-order valence-electron chi connectivity index (χ3n) is 9.48. The van der Waals surface area contributed by atoms with Crippen LogP contribution in [0.2, 0.25) is 0 Å². The van der Waals surface area contributed by atoms with E-state index in [1.54, 1.807) is 11.9 Å². The van der Waals surface area contributed by atoms with Crippen LogP contribution in [0.15, 0.2) is 24.3 Å². The molecule has 1 aromatic carbocycles. The Kier molecular flexibility index (Phi) is 10.4. The van der Waals surface area contributed by atoms with E-state index in [0.29, 0.717) is 32.7 Å². The molecule has 11 nitrogen and oxygen atoms in total. The van der Waals surface area contributed by atoms with Crippen molar-refractivity contribution in [3.63, 3.8) is 0 Å². The van der Waals surface area contributed by atoms with E-state index < -0.39 is 24.0 Å². The molecule has 1 aromatic rings. The Hall–Kier alpha value is -2.73. The summed E-state index contributed by atoms with van der Waals surface area (Å²) in [7, 11) is 1.61. The number of rotatable bonds is 10. The maximum atomic E-state index is 14.5. The van der Waals surface area contributed by atoms with Crippen LogP contribution in [0.3, 0.4) is 0 Å². The zero-order valence-electron chi connectivity index (χ0n) is 24.9. The molecule has 0 spiro atoms. The largest absolute Gasteiger partial charge is 0.493 e. The van der Waals surface area contributed by atoms with Crippen molar-refractivity contribution in [3.05, 3.63) is 29.8 Å². The smallest absolute Gasteiger partial charge is 0.246 e. The molecule has 2 saturated heterocycles. The van der Waals surface area contributed by atoms with E-state index in [-0.39, 0.29) is 42.5 Å². The number of nitrogens with one attached hydrogen (secondary N) is 3. The number of ether oxygens (including phenoxy) is 2. The maximum absolute atomic E-state index is 14.5. The Morgan fingerprint density at radius 1 is 1.10 bits per heavy atom. The summed E-state index contributed by atoms with van der Waals surface area (Å²) in [5, 5.41) is 18.8. The van der Waals surface area contributed by atoms with Crippen LogP contribution in [0.4, 0.5) is 0 Å². The van der Waals surface area contributed by atoms with Gasteiger partial charge in [-0.1, -0.05) is 37.5 Å². The number of hydrogen-bond donors (Lipinski definition) is 4. The first-order valence-electron chi connectivity index (χ1n) is 15.7. The van der Waals surface area contributed by atoms with E-state index >= 15 is 0 Å². The van der Waals surface area contributed by atoms with E-state index in [1.807, 2.05) is 31.2 Å². The lowest BCUT2D eigenvalue weighted by Gasteiger charge is -2.45. The monoisotopic (exact) mass is 585 g/mol. The number of carbonyl (C=O) groups excluding carboxylic acids is 3. The quantitative estimate of drug-likeness (QED) is 0.319. The van der Waals surface area contributed by atoms with E-state index in [9.17, 15) is 19.5 Å². The van der Waals surface area contributed by atoms with Gasteiger partial charge in [-0.05, 0) is 45.2 Å². The van der Waals surface area contributed by atoms with Gasteiger partial charge in [-0.15, -0.1) is 0 Å². The topological polar surface area (TPSA) is 132 Å².